The molecule has 1 aromatic carbocycles. The van der Waals surface area contributed by atoms with E-state index in [1.54, 1.807) is 6.07 Å². The van der Waals surface area contributed by atoms with Crippen LogP contribution in [0.1, 0.15) is 29.6 Å². The van der Waals surface area contributed by atoms with E-state index in [-0.39, 0.29) is 6.10 Å². The van der Waals surface area contributed by atoms with Gasteiger partial charge in [-0.15, -0.1) is 11.8 Å². The van der Waals surface area contributed by atoms with Crippen molar-refractivity contribution >= 4 is 17.7 Å². The van der Waals surface area contributed by atoms with Crippen molar-refractivity contribution in [2.45, 2.75) is 30.3 Å². The molecule has 0 aromatic heterocycles. The van der Waals surface area contributed by atoms with Crippen LogP contribution in [0, 0.1) is 0 Å². The first-order valence-electron chi connectivity index (χ1n) is 5.29. The van der Waals surface area contributed by atoms with Gasteiger partial charge in [0.15, 0.2) is 0 Å². The summed E-state index contributed by atoms with van der Waals surface area (Å²) in [6.07, 6.45) is 5.31. The third-order valence-corrected chi connectivity index (χ3v) is 3.55. The third kappa shape index (κ3) is 2.16. The zero-order valence-electron chi connectivity index (χ0n) is 9.10. The van der Waals surface area contributed by atoms with Crippen molar-refractivity contribution in [3.63, 3.8) is 0 Å². The van der Waals surface area contributed by atoms with Crippen LogP contribution in [0.25, 0.3) is 0 Å². The minimum atomic E-state index is -0.917. The molecule has 3 nitrogen and oxygen atoms in total. The molecule has 0 bridgehead atoms. The summed E-state index contributed by atoms with van der Waals surface area (Å²) < 4.78 is 5.69. The zero-order chi connectivity index (χ0) is 11.5. The Morgan fingerprint density at radius 1 is 1.50 bits per heavy atom. The van der Waals surface area contributed by atoms with Crippen LogP contribution in [0.4, 0.5) is 0 Å². The van der Waals surface area contributed by atoms with Crippen molar-refractivity contribution in [2.24, 2.45) is 0 Å². The van der Waals surface area contributed by atoms with Crippen LogP contribution in [0.5, 0.6) is 5.75 Å². The molecular weight excluding hydrogens is 224 g/mol. The van der Waals surface area contributed by atoms with Gasteiger partial charge < -0.3 is 9.84 Å². The summed E-state index contributed by atoms with van der Waals surface area (Å²) in [4.78, 5) is 11.9. The number of rotatable bonds is 4. The summed E-state index contributed by atoms with van der Waals surface area (Å²) in [5.41, 5.74) is 0.293. The number of ether oxygens (including phenoxy) is 1. The zero-order valence-corrected chi connectivity index (χ0v) is 9.92. The lowest BCUT2D eigenvalue weighted by atomic mass is 9.96. The number of thioether (sulfide) groups is 1. The van der Waals surface area contributed by atoms with Gasteiger partial charge in [0.1, 0.15) is 11.3 Å². The number of aromatic carboxylic acids is 1. The fraction of sp³-hybridized carbons (Fsp3) is 0.417. The van der Waals surface area contributed by atoms with Crippen LogP contribution in [-0.2, 0) is 0 Å². The Morgan fingerprint density at radius 3 is 2.75 bits per heavy atom. The summed E-state index contributed by atoms with van der Waals surface area (Å²) in [6, 6.07) is 5.38. The Kier molecular flexibility index (Phi) is 3.39. The highest BCUT2D eigenvalue weighted by Gasteiger charge is 2.23. The maximum atomic E-state index is 11.2. The fourth-order valence-corrected chi connectivity index (χ4v) is 2.26. The number of carboxylic acid groups (broad SMARTS) is 1. The Labute approximate surface area is 98.8 Å². The van der Waals surface area contributed by atoms with Crippen molar-refractivity contribution in [2.75, 3.05) is 6.26 Å². The molecule has 0 heterocycles. The maximum absolute atomic E-state index is 11.2. The topological polar surface area (TPSA) is 46.5 Å². The van der Waals surface area contributed by atoms with Crippen molar-refractivity contribution < 1.29 is 14.6 Å². The summed E-state index contributed by atoms with van der Waals surface area (Å²) >= 11 is 1.43. The van der Waals surface area contributed by atoms with Crippen LogP contribution in [-0.4, -0.2) is 23.4 Å². The van der Waals surface area contributed by atoms with E-state index >= 15 is 0 Å². The maximum Gasteiger partial charge on any atom is 0.340 e. The number of hydrogen-bond donors (Lipinski definition) is 1. The predicted molar refractivity (Wildman–Crippen MR) is 63.4 cm³/mol. The smallest absolute Gasteiger partial charge is 0.340 e. The molecule has 1 aliphatic rings. The molecule has 0 aliphatic heterocycles. The summed E-state index contributed by atoms with van der Waals surface area (Å²) in [7, 11) is 0. The van der Waals surface area contributed by atoms with Crippen molar-refractivity contribution in [3.05, 3.63) is 23.8 Å². The summed E-state index contributed by atoms with van der Waals surface area (Å²) in [6.45, 7) is 0. The Morgan fingerprint density at radius 2 is 2.25 bits per heavy atom. The quantitative estimate of drug-likeness (QED) is 0.819. The van der Waals surface area contributed by atoms with E-state index in [1.807, 2.05) is 18.4 Å². The highest BCUT2D eigenvalue weighted by Crippen LogP contribution is 2.32. The van der Waals surface area contributed by atoms with Crippen molar-refractivity contribution in [1.29, 1.82) is 0 Å². The van der Waals surface area contributed by atoms with Crippen LogP contribution in [0.3, 0.4) is 0 Å². The van der Waals surface area contributed by atoms with E-state index in [0.29, 0.717) is 11.3 Å². The van der Waals surface area contributed by atoms with E-state index in [4.69, 9.17) is 4.74 Å². The van der Waals surface area contributed by atoms with Gasteiger partial charge in [0, 0.05) is 4.90 Å². The second-order valence-electron chi connectivity index (χ2n) is 3.81. The van der Waals surface area contributed by atoms with Gasteiger partial charge in [0.25, 0.3) is 0 Å². The Balaban J connectivity index is 2.30. The van der Waals surface area contributed by atoms with Gasteiger partial charge in [-0.25, -0.2) is 4.79 Å². The van der Waals surface area contributed by atoms with E-state index in [1.165, 1.54) is 18.2 Å². The molecule has 0 atom stereocenters. The lowest BCUT2D eigenvalue weighted by molar-refractivity contribution is 0.0675. The lowest BCUT2D eigenvalue weighted by Crippen LogP contribution is -2.25. The van der Waals surface area contributed by atoms with E-state index in [0.717, 1.165) is 17.7 Å². The van der Waals surface area contributed by atoms with Gasteiger partial charge in [-0.1, -0.05) is 6.07 Å². The molecule has 0 spiro atoms. The van der Waals surface area contributed by atoms with Crippen molar-refractivity contribution in [1.82, 2.24) is 0 Å². The second kappa shape index (κ2) is 4.78. The van der Waals surface area contributed by atoms with Gasteiger partial charge >= 0.3 is 5.97 Å². The number of carbonyl (C=O) groups is 1. The molecule has 1 saturated carbocycles. The van der Waals surface area contributed by atoms with Crippen LogP contribution in [0.2, 0.25) is 0 Å². The molecule has 16 heavy (non-hydrogen) atoms. The summed E-state index contributed by atoms with van der Waals surface area (Å²) in [5, 5.41) is 9.19. The molecular formula is C12H14O3S. The molecule has 1 fully saturated rings. The van der Waals surface area contributed by atoms with Gasteiger partial charge in [-0.3, -0.25) is 0 Å². The predicted octanol–water partition coefficient (Wildman–Crippen LogP) is 3.04. The Bertz CT molecular complexity index is 399. The minimum absolute atomic E-state index is 0.204. The first-order chi connectivity index (χ1) is 7.72. The summed E-state index contributed by atoms with van der Waals surface area (Å²) in [5.74, 6) is -0.414. The average molecular weight is 238 g/mol. The largest absolute Gasteiger partial charge is 0.489 e. The average Bonchev–Trinajstić information content (AvgIpc) is 2.22. The number of hydrogen-bond acceptors (Lipinski definition) is 3. The normalized spacial score (nSPS) is 15.6. The molecule has 1 N–H and O–H groups in total. The van der Waals surface area contributed by atoms with Gasteiger partial charge in [-0.2, -0.15) is 0 Å². The van der Waals surface area contributed by atoms with Crippen LogP contribution in [0.15, 0.2) is 23.1 Å². The number of carboxylic acids is 1. The van der Waals surface area contributed by atoms with Crippen LogP contribution < -0.4 is 4.74 Å². The molecule has 4 heteroatoms. The SMILES string of the molecule is CSc1cccc(OC2CCC2)c1C(=O)O. The van der Waals surface area contributed by atoms with Gasteiger partial charge in [0.05, 0.1) is 6.10 Å². The second-order valence-corrected chi connectivity index (χ2v) is 4.66. The van der Waals surface area contributed by atoms with E-state index < -0.39 is 5.97 Å². The van der Waals surface area contributed by atoms with Gasteiger partial charge in [0.2, 0.25) is 0 Å². The Hall–Kier alpha value is -1.16. The lowest BCUT2D eigenvalue weighted by Gasteiger charge is -2.27. The molecule has 0 saturated heterocycles. The first-order valence-corrected chi connectivity index (χ1v) is 6.52. The molecule has 0 amide bonds. The highest BCUT2D eigenvalue weighted by molar-refractivity contribution is 7.98. The molecule has 0 radical (unpaired) electrons. The highest BCUT2D eigenvalue weighted by atomic mass is 32.2. The standard InChI is InChI=1S/C12H14O3S/c1-16-10-7-3-6-9(11(10)12(13)14)15-8-4-2-5-8/h3,6-8H,2,4-5H2,1H3,(H,13,14). The molecule has 86 valence electrons. The van der Waals surface area contributed by atoms with Gasteiger partial charge in [-0.05, 0) is 37.7 Å². The fourth-order valence-electron chi connectivity index (χ4n) is 1.66. The first kappa shape index (κ1) is 11.3. The number of benzene rings is 1. The van der Waals surface area contributed by atoms with Crippen LogP contribution >= 0.6 is 11.8 Å². The molecule has 1 aliphatic carbocycles. The molecule has 0 unspecified atom stereocenters. The van der Waals surface area contributed by atoms with E-state index in [2.05, 4.69) is 0 Å². The monoisotopic (exact) mass is 238 g/mol. The molecule has 1 aromatic rings. The third-order valence-electron chi connectivity index (χ3n) is 2.77. The molecule has 2 rings (SSSR count). The van der Waals surface area contributed by atoms with E-state index in [9.17, 15) is 9.90 Å². The van der Waals surface area contributed by atoms with Crippen molar-refractivity contribution in [3.8, 4) is 5.75 Å². The minimum Gasteiger partial charge on any atom is -0.489 e.